The topological polar surface area (TPSA) is 70.9 Å². The summed E-state index contributed by atoms with van der Waals surface area (Å²) in [5.74, 6) is 0.175. The van der Waals surface area contributed by atoms with E-state index in [0.29, 0.717) is 23.5 Å². The van der Waals surface area contributed by atoms with Gasteiger partial charge in [0.05, 0.1) is 12.8 Å². The maximum atomic E-state index is 11.8. The van der Waals surface area contributed by atoms with Gasteiger partial charge in [-0.3, -0.25) is 4.79 Å². The van der Waals surface area contributed by atoms with E-state index in [9.17, 15) is 9.90 Å². The Labute approximate surface area is 122 Å². The average molecular weight is 284 g/mol. The lowest BCUT2D eigenvalue weighted by molar-refractivity contribution is 0.0955. The molecule has 0 aliphatic carbocycles. The molecule has 0 spiro atoms. The number of aromatic hydroxyl groups is 1. The molecule has 0 saturated heterocycles. The van der Waals surface area contributed by atoms with Gasteiger partial charge in [-0.15, -0.1) is 0 Å². The molecule has 0 heterocycles. The Kier molecular flexibility index (Phi) is 4.93. The molecule has 0 bridgehead atoms. The Bertz CT molecular complexity index is 639. The summed E-state index contributed by atoms with van der Waals surface area (Å²) in [5.41, 5.74) is 3.69. The highest BCUT2D eigenvalue weighted by Crippen LogP contribution is 2.26. The maximum Gasteiger partial charge on any atom is 0.271 e. The highest BCUT2D eigenvalue weighted by atomic mass is 16.5. The van der Waals surface area contributed by atoms with E-state index in [-0.39, 0.29) is 11.7 Å². The van der Waals surface area contributed by atoms with Crippen LogP contribution in [0, 0.1) is 0 Å². The second-order valence-electron chi connectivity index (χ2n) is 4.23. The summed E-state index contributed by atoms with van der Waals surface area (Å²) < 4.78 is 5.28. The number of hydrogen-bond acceptors (Lipinski definition) is 4. The highest BCUT2D eigenvalue weighted by molar-refractivity contribution is 5.94. The van der Waals surface area contributed by atoms with E-state index in [2.05, 4.69) is 10.5 Å². The molecular formula is C16H16N2O3. The molecule has 2 aromatic carbocycles. The number of carbonyl (C=O) groups is 1. The summed E-state index contributed by atoms with van der Waals surface area (Å²) >= 11 is 0. The van der Waals surface area contributed by atoms with Crippen molar-refractivity contribution in [2.24, 2.45) is 5.10 Å². The van der Waals surface area contributed by atoms with Crippen LogP contribution in [0.3, 0.4) is 0 Å². The van der Waals surface area contributed by atoms with Crippen molar-refractivity contribution < 1.29 is 14.6 Å². The molecule has 5 heteroatoms. The third-order valence-electron chi connectivity index (χ3n) is 2.70. The number of benzene rings is 2. The molecule has 5 nitrogen and oxygen atoms in total. The zero-order valence-electron chi connectivity index (χ0n) is 11.6. The van der Waals surface area contributed by atoms with Crippen LogP contribution in [0.2, 0.25) is 0 Å². The van der Waals surface area contributed by atoms with Crippen LogP contribution in [0.5, 0.6) is 11.5 Å². The van der Waals surface area contributed by atoms with Gasteiger partial charge >= 0.3 is 0 Å². The molecule has 0 saturated carbocycles. The molecular weight excluding hydrogens is 268 g/mol. The van der Waals surface area contributed by atoms with Crippen LogP contribution in [0.25, 0.3) is 0 Å². The summed E-state index contributed by atoms with van der Waals surface area (Å²) in [6, 6.07) is 13.7. The van der Waals surface area contributed by atoms with Crippen molar-refractivity contribution in [1.82, 2.24) is 5.43 Å². The lowest BCUT2D eigenvalue weighted by atomic mass is 10.2. The maximum absolute atomic E-state index is 11.8. The first-order valence-corrected chi connectivity index (χ1v) is 6.55. The molecule has 108 valence electrons. The summed E-state index contributed by atoms with van der Waals surface area (Å²) in [4.78, 5) is 11.8. The van der Waals surface area contributed by atoms with Gasteiger partial charge in [-0.2, -0.15) is 5.10 Å². The third kappa shape index (κ3) is 4.07. The number of nitrogens with zero attached hydrogens (tertiary/aromatic N) is 1. The molecule has 0 aliphatic rings. The molecule has 1 amide bonds. The number of rotatable bonds is 5. The van der Waals surface area contributed by atoms with Crippen LogP contribution < -0.4 is 10.2 Å². The Morgan fingerprint density at radius 1 is 1.29 bits per heavy atom. The van der Waals surface area contributed by atoms with Crippen LogP contribution in [-0.4, -0.2) is 23.8 Å². The quantitative estimate of drug-likeness (QED) is 0.654. The molecule has 0 fully saturated rings. The zero-order valence-corrected chi connectivity index (χ0v) is 11.6. The molecule has 0 atom stereocenters. The number of carbonyl (C=O) groups excluding carboxylic acids is 1. The number of phenols is 1. The number of ether oxygens (including phenoxy) is 1. The van der Waals surface area contributed by atoms with E-state index < -0.39 is 0 Å². The van der Waals surface area contributed by atoms with E-state index >= 15 is 0 Å². The van der Waals surface area contributed by atoms with Crippen LogP contribution in [0.1, 0.15) is 22.8 Å². The SMILES string of the molecule is CCOc1cc(/C=N\NC(=O)c2ccccc2)ccc1O. The molecule has 2 N–H and O–H groups in total. The monoisotopic (exact) mass is 284 g/mol. The average Bonchev–Trinajstić information content (AvgIpc) is 2.51. The van der Waals surface area contributed by atoms with Crippen molar-refractivity contribution in [3.05, 3.63) is 59.7 Å². The minimum Gasteiger partial charge on any atom is -0.504 e. The van der Waals surface area contributed by atoms with E-state index in [1.54, 1.807) is 36.4 Å². The third-order valence-corrected chi connectivity index (χ3v) is 2.70. The first-order chi connectivity index (χ1) is 10.2. The van der Waals surface area contributed by atoms with Crippen molar-refractivity contribution >= 4 is 12.1 Å². The van der Waals surface area contributed by atoms with Crippen molar-refractivity contribution in [1.29, 1.82) is 0 Å². The van der Waals surface area contributed by atoms with Crippen molar-refractivity contribution in [3.63, 3.8) is 0 Å². The fourth-order valence-electron chi connectivity index (χ4n) is 1.70. The second-order valence-corrected chi connectivity index (χ2v) is 4.23. The zero-order chi connectivity index (χ0) is 15.1. The van der Waals surface area contributed by atoms with Gasteiger partial charge in [0.1, 0.15) is 0 Å². The Balaban J connectivity index is 2.01. The van der Waals surface area contributed by atoms with E-state index in [4.69, 9.17) is 4.74 Å². The summed E-state index contributed by atoms with van der Waals surface area (Å²) in [6.07, 6.45) is 1.49. The van der Waals surface area contributed by atoms with E-state index in [1.807, 2.05) is 13.0 Å². The van der Waals surface area contributed by atoms with Gasteiger partial charge in [0.2, 0.25) is 0 Å². The van der Waals surface area contributed by atoms with Crippen LogP contribution >= 0.6 is 0 Å². The van der Waals surface area contributed by atoms with E-state index in [0.717, 1.165) is 0 Å². The number of hydrazone groups is 1. The highest BCUT2D eigenvalue weighted by Gasteiger charge is 2.03. The number of amides is 1. The molecule has 0 aliphatic heterocycles. The molecule has 2 aromatic rings. The Morgan fingerprint density at radius 2 is 2.05 bits per heavy atom. The molecule has 0 radical (unpaired) electrons. The number of hydrogen-bond donors (Lipinski definition) is 2. The summed E-state index contributed by atoms with van der Waals surface area (Å²) in [6.45, 7) is 2.29. The number of phenolic OH excluding ortho intramolecular Hbond substituents is 1. The molecule has 0 unspecified atom stereocenters. The fraction of sp³-hybridized carbons (Fsp3) is 0.125. The predicted molar refractivity (Wildman–Crippen MR) is 80.8 cm³/mol. The van der Waals surface area contributed by atoms with Crippen molar-refractivity contribution in [2.75, 3.05) is 6.61 Å². The van der Waals surface area contributed by atoms with Gasteiger partial charge in [-0.25, -0.2) is 5.43 Å². The van der Waals surface area contributed by atoms with E-state index in [1.165, 1.54) is 12.3 Å². The van der Waals surface area contributed by atoms with Gasteiger partial charge in [-0.1, -0.05) is 18.2 Å². The summed E-state index contributed by atoms with van der Waals surface area (Å²) in [7, 11) is 0. The van der Waals surface area contributed by atoms with Crippen molar-refractivity contribution in [2.45, 2.75) is 6.92 Å². The molecule has 2 rings (SSSR count). The summed E-state index contributed by atoms with van der Waals surface area (Å²) in [5, 5.41) is 13.5. The van der Waals surface area contributed by atoms with Gasteiger partial charge in [0, 0.05) is 5.56 Å². The van der Waals surface area contributed by atoms with Gasteiger partial charge < -0.3 is 9.84 Å². The standard InChI is InChI=1S/C16H16N2O3/c1-2-21-15-10-12(8-9-14(15)19)11-17-18-16(20)13-6-4-3-5-7-13/h3-11,19H,2H2,1H3,(H,18,20)/b17-11-. The smallest absolute Gasteiger partial charge is 0.271 e. The number of nitrogens with one attached hydrogen (secondary N) is 1. The first kappa shape index (κ1) is 14.6. The Hall–Kier alpha value is -2.82. The minimum absolute atomic E-state index is 0.0716. The lowest BCUT2D eigenvalue weighted by Crippen LogP contribution is -2.17. The van der Waals surface area contributed by atoms with Crippen LogP contribution in [0.4, 0.5) is 0 Å². The molecule has 21 heavy (non-hydrogen) atoms. The first-order valence-electron chi connectivity index (χ1n) is 6.55. The van der Waals surface area contributed by atoms with Gasteiger partial charge in [0.15, 0.2) is 11.5 Å². The van der Waals surface area contributed by atoms with Crippen LogP contribution in [0.15, 0.2) is 53.6 Å². The predicted octanol–water partition coefficient (Wildman–Crippen LogP) is 2.55. The largest absolute Gasteiger partial charge is 0.504 e. The molecule has 0 aromatic heterocycles. The lowest BCUT2D eigenvalue weighted by Gasteiger charge is -2.06. The van der Waals surface area contributed by atoms with Gasteiger partial charge in [0.25, 0.3) is 5.91 Å². The Morgan fingerprint density at radius 3 is 2.76 bits per heavy atom. The van der Waals surface area contributed by atoms with Crippen LogP contribution in [-0.2, 0) is 0 Å². The van der Waals surface area contributed by atoms with Gasteiger partial charge in [-0.05, 0) is 42.8 Å². The minimum atomic E-state index is -0.282. The normalized spacial score (nSPS) is 10.5. The van der Waals surface area contributed by atoms with Crippen molar-refractivity contribution in [3.8, 4) is 11.5 Å². The fourth-order valence-corrected chi connectivity index (χ4v) is 1.70. The second kappa shape index (κ2) is 7.09.